The van der Waals surface area contributed by atoms with E-state index >= 15 is 0 Å². The highest BCUT2D eigenvalue weighted by molar-refractivity contribution is 7.99. The molecule has 0 spiro atoms. The normalized spacial score (nSPS) is 13.9. The van der Waals surface area contributed by atoms with Crippen LogP contribution in [-0.2, 0) is 0 Å². The molecule has 0 radical (unpaired) electrons. The minimum Gasteiger partial charge on any atom is -0.176 e. The van der Waals surface area contributed by atoms with Crippen molar-refractivity contribution < 1.29 is 0 Å². The van der Waals surface area contributed by atoms with Crippen molar-refractivity contribution in [3.05, 3.63) is 0 Å². The Morgan fingerprint density at radius 3 is 1.32 bits per heavy atom. The molecule has 0 rings (SSSR count). The van der Waals surface area contributed by atoms with Crippen LogP contribution < -0.4 is 0 Å². The molecular weight excluding hydrogens is 340 g/mol. The van der Waals surface area contributed by atoms with E-state index in [0.717, 1.165) is 5.25 Å². The van der Waals surface area contributed by atoms with Crippen LogP contribution in [0.4, 0.5) is 0 Å². The van der Waals surface area contributed by atoms with Gasteiger partial charge >= 0.3 is 0 Å². The molecule has 0 heterocycles. The Bertz CT molecular complexity index is 240. The van der Waals surface area contributed by atoms with Crippen LogP contribution >= 0.6 is 24.4 Å². The zero-order valence-electron chi connectivity index (χ0n) is 17.7. The van der Waals surface area contributed by atoms with Gasteiger partial charge in [0, 0.05) is 5.25 Å². The van der Waals surface area contributed by atoms with Gasteiger partial charge in [-0.05, 0) is 23.8 Å². The van der Waals surface area contributed by atoms with Gasteiger partial charge in [-0.3, -0.25) is 0 Å². The summed E-state index contributed by atoms with van der Waals surface area (Å²) in [5.74, 6) is 1.35. The molecule has 0 aliphatic rings. The number of hydrogen-bond acceptors (Lipinski definition) is 2. The van der Waals surface area contributed by atoms with Crippen LogP contribution in [0.15, 0.2) is 0 Å². The third-order valence-corrected chi connectivity index (χ3v) is 6.57. The number of thioether (sulfide) groups is 1. The molecule has 0 amide bonds. The average Bonchev–Trinajstić information content (AvgIpc) is 2.57. The molecule has 0 saturated carbocycles. The van der Waals surface area contributed by atoms with Gasteiger partial charge in [-0.2, -0.15) is 24.4 Å². The van der Waals surface area contributed by atoms with Crippen molar-refractivity contribution in [2.45, 2.75) is 140 Å². The van der Waals surface area contributed by atoms with Crippen molar-refractivity contribution in [3.63, 3.8) is 0 Å². The van der Waals surface area contributed by atoms with Gasteiger partial charge in [-0.15, -0.1) is 0 Å². The monoisotopic (exact) mass is 388 g/mol. The Morgan fingerprint density at radius 2 is 0.960 bits per heavy atom. The molecular formula is C23H48S2. The lowest BCUT2D eigenvalue weighted by Gasteiger charge is -2.12. The maximum absolute atomic E-state index is 4.48. The summed E-state index contributed by atoms with van der Waals surface area (Å²) in [4.78, 5) is 0. The molecule has 152 valence electrons. The molecule has 0 bridgehead atoms. The summed E-state index contributed by atoms with van der Waals surface area (Å²) in [6, 6.07) is 0. The smallest absolute Gasteiger partial charge is 0.00290 e. The first-order valence-electron chi connectivity index (χ1n) is 11.5. The van der Waals surface area contributed by atoms with E-state index in [9.17, 15) is 0 Å². The van der Waals surface area contributed by atoms with Crippen LogP contribution in [0.5, 0.6) is 0 Å². The number of hydrogen-bond donors (Lipinski definition) is 1. The quantitative estimate of drug-likeness (QED) is 0.160. The van der Waals surface area contributed by atoms with E-state index in [2.05, 4.69) is 45.2 Å². The first kappa shape index (κ1) is 25.7. The van der Waals surface area contributed by atoms with E-state index in [1.807, 2.05) is 0 Å². The summed E-state index contributed by atoms with van der Waals surface area (Å²) in [7, 11) is 0. The van der Waals surface area contributed by atoms with Crippen LogP contribution in [0.2, 0.25) is 0 Å². The van der Waals surface area contributed by atoms with Crippen LogP contribution in [0, 0.1) is 0 Å². The molecule has 2 atom stereocenters. The Kier molecular flexibility index (Phi) is 21.6. The van der Waals surface area contributed by atoms with Gasteiger partial charge in [0.15, 0.2) is 0 Å². The molecule has 0 aromatic heterocycles. The maximum atomic E-state index is 4.48. The number of rotatable bonds is 20. The zero-order chi connectivity index (χ0) is 18.6. The highest BCUT2D eigenvalue weighted by Crippen LogP contribution is 2.20. The van der Waals surface area contributed by atoms with Crippen LogP contribution in [-0.4, -0.2) is 16.3 Å². The molecule has 2 heteroatoms. The highest BCUT2D eigenvalue weighted by atomic mass is 32.2. The van der Waals surface area contributed by atoms with E-state index < -0.39 is 0 Å². The van der Waals surface area contributed by atoms with E-state index in [1.54, 1.807) is 0 Å². The van der Waals surface area contributed by atoms with Crippen molar-refractivity contribution >= 4 is 24.4 Å². The third kappa shape index (κ3) is 22.7. The number of thiol groups is 1. The highest BCUT2D eigenvalue weighted by Gasteiger charge is 2.05. The SMILES string of the molecule is CCCCCCCCCCCCCCCCCCSC(C)CC(C)S. The third-order valence-electron chi connectivity index (χ3n) is 5.07. The Balaban J connectivity index is 3.05. The standard InChI is InChI=1S/C23H48S2/c1-4-5-6-7-8-9-10-11-12-13-14-15-16-17-18-19-20-25-23(3)21-22(2)24/h22-24H,4-21H2,1-3H3. The largest absolute Gasteiger partial charge is 0.176 e. The van der Waals surface area contributed by atoms with E-state index in [4.69, 9.17) is 0 Å². The first-order valence-corrected chi connectivity index (χ1v) is 13.0. The van der Waals surface area contributed by atoms with Gasteiger partial charge in [-0.1, -0.05) is 117 Å². The summed E-state index contributed by atoms with van der Waals surface area (Å²) in [5.41, 5.74) is 0. The lowest BCUT2D eigenvalue weighted by molar-refractivity contribution is 0.531. The molecule has 25 heavy (non-hydrogen) atoms. The van der Waals surface area contributed by atoms with Crippen molar-refractivity contribution in [1.82, 2.24) is 0 Å². The summed E-state index contributed by atoms with van der Waals surface area (Å²) in [6.07, 6.45) is 24.6. The van der Waals surface area contributed by atoms with E-state index in [1.165, 1.54) is 115 Å². The molecule has 0 aromatic carbocycles. The van der Waals surface area contributed by atoms with Gasteiger partial charge in [-0.25, -0.2) is 0 Å². The van der Waals surface area contributed by atoms with Crippen LogP contribution in [0.1, 0.15) is 130 Å². The molecule has 0 aromatic rings. The first-order chi connectivity index (χ1) is 12.2. The Labute approximate surface area is 170 Å². The fourth-order valence-corrected chi connectivity index (χ4v) is 5.14. The molecule has 0 fully saturated rings. The molecule has 0 saturated heterocycles. The van der Waals surface area contributed by atoms with Crippen molar-refractivity contribution in [2.24, 2.45) is 0 Å². The lowest BCUT2D eigenvalue weighted by atomic mass is 10.0. The molecule has 0 aliphatic carbocycles. The van der Waals surface area contributed by atoms with Crippen molar-refractivity contribution in [3.8, 4) is 0 Å². The summed E-state index contributed by atoms with van der Waals surface area (Å²) in [6.45, 7) is 6.85. The predicted molar refractivity (Wildman–Crippen MR) is 125 cm³/mol. The fourth-order valence-electron chi connectivity index (χ4n) is 3.48. The molecule has 0 nitrogen and oxygen atoms in total. The fraction of sp³-hybridized carbons (Fsp3) is 1.00. The zero-order valence-corrected chi connectivity index (χ0v) is 19.4. The number of unbranched alkanes of at least 4 members (excludes halogenated alkanes) is 15. The second-order valence-corrected chi connectivity index (χ2v) is 10.5. The Hall–Kier alpha value is 0.700. The lowest BCUT2D eigenvalue weighted by Crippen LogP contribution is -2.04. The van der Waals surface area contributed by atoms with Gasteiger partial charge in [0.2, 0.25) is 0 Å². The summed E-state index contributed by atoms with van der Waals surface area (Å²) in [5, 5.41) is 1.33. The molecule has 0 N–H and O–H groups in total. The Morgan fingerprint density at radius 1 is 0.600 bits per heavy atom. The van der Waals surface area contributed by atoms with E-state index in [0.29, 0.717) is 5.25 Å². The minimum absolute atomic E-state index is 0.549. The van der Waals surface area contributed by atoms with Crippen LogP contribution in [0.3, 0.4) is 0 Å². The average molecular weight is 389 g/mol. The molecule has 0 aliphatic heterocycles. The topological polar surface area (TPSA) is 0 Å². The summed E-state index contributed by atoms with van der Waals surface area (Å²) >= 11 is 6.62. The van der Waals surface area contributed by atoms with Gasteiger partial charge < -0.3 is 0 Å². The second kappa shape index (κ2) is 21.0. The van der Waals surface area contributed by atoms with Crippen LogP contribution in [0.25, 0.3) is 0 Å². The van der Waals surface area contributed by atoms with E-state index in [-0.39, 0.29) is 0 Å². The van der Waals surface area contributed by atoms with Gasteiger partial charge in [0.05, 0.1) is 0 Å². The predicted octanol–water partition coefficient (Wildman–Crippen LogP) is 9.08. The minimum atomic E-state index is 0.549. The second-order valence-electron chi connectivity index (χ2n) is 8.07. The summed E-state index contributed by atoms with van der Waals surface area (Å²) < 4.78 is 0. The van der Waals surface area contributed by atoms with Gasteiger partial charge in [0.25, 0.3) is 0 Å². The molecule has 2 unspecified atom stereocenters. The van der Waals surface area contributed by atoms with Crippen molar-refractivity contribution in [1.29, 1.82) is 0 Å². The van der Waals surface area contributed by atoms with Gasteiger partial charge in [0.1, 0.15) is 0 Å². The maximum Gasteiger partial charge on any atom is 0.00290 e. The van der Waals surface area contributed by atoms with Crippen molar-refractivity contribution in [2.75, 3.05) is 5.75 Å².